The van der Waals surface area contributed by atoms with Gasteiger partial charge in [0.2, 0.25) is 0 Å². The molecule has 0 unspecified atom stereocenters. The second-order valence-corrected chi connectivity index (χ2v) is 11.8. The maximum Gasteiger partial charge on any atom is 0.255 e. The average molecular weight is 472 g/mol. The molecule has 1 amide bonds. The van der Waals surface area contributed by atoms with Crippen molar-refractivity contribution in [3.05, 3.63) is 35.4 Å². The summed E-state index contributed by atoms with van der Waals surface area (Å²) >= 11 is 0. The van der Waals surface area contributed by atoms with E-state index in [0.717, 1.165) is 24.8 Å². The van der Waals surface area contributed by atoms with Gasteiger partial charge in [-0.25, -0.2) is 0 Å². The monoisotopic (exact) mass is 471 g/mol. The second-order valence-electron chi connectivity index (χ2n) is 11.8. The molecule has 0 atom stereocenters. The molecule has 0 aromatic heterocycles. The molecule has 194 valence electrons. The molecule has 1 aromatic carbocycles. The topological polar surface area (TPSA) is 29.5 Å². The minimum absolute atomic E-state index is 0.180. The number of amides is 1. The van der Waals surface area contributed by atoms with E-state index in [9.17, 15) is 4.79 Å². The minimum Gasteiger partial charge on any atom is -0.381 e. The summed E-state index contributed by atoms with van der Waals surface area (Å²) in [6, 6.07) is 8.29. The molecule has 1 fully saturated rings. The van der Waals surface area contributed by atoms with Crippen molar-refractivity contribution in [3.8, 4) is 0 Å². The van der Waals surface area contributed by atoms with Crippen LogP contribution in [0.5, 0.6) is 0 Å². The summed E-state index contributed by atoms with van der Waals surface area (Å²) < 4.78 is 5.71. The smallest absolute Gasteiger partial charge is 0.255 e. The Kier molecular flexibility index (Phi) is 12.1. The van der Waals surface area contributed by atoms with Gasteiger partial charge in [0, 0.05) is 23.8 Å². The number of rotatable bonds is 15. The molecule has 1 aliphatic rings. The first-order valence-corrected chi connectivity index (χ1v) is 14.2. The highest BCUT2D eigenvalue weighted by Crippen LogP contribution is 2.40. The minimum atomic E-state index is -0.234. The Morgan fingerprint density at radius 3 is 1.79 bits per heavy atom. The van der Waals surface area contributed by atoms with Gasteiger partial charge in [-0.3, -0.25) is 4.79 Å². The number of unbranched alkanes of at least 4 members (excludes halogenated alkanes) is 11. The fraction of sp³-hybridized carbons (Fsp3) is 0.774. The Labute approximate surface area is 211 Å². The number of benzene rings is 1. The van der Waals surface area contributed by atoms with Crippen LogP contribution < -0.4 is 0 Å². The van der Waals surface area contributed by atoms with Gasteiger partial charge in [0.15, 0.2) is 0 Å². The first-order valence-electron chi connectivity index (χ1n) is 14.2. The van der Waals surface area contributed by atoms with Gasteiger partial charge in [-0.15, -0.1) is 0 Å². The lowest BCUT2D eigenvalue weighted by Gasteiger charge is -2.55. The Morgan fingerprint density at radius 2 is 1.29 bits per heavy atom. The van der Waals surface area contributed by atoms with E-state index in [2.05, 4.69) is 51.7 Å². The van der Waals surface area contributed by atoms with Gasteiger partial charge in [0.25, 0.3) is 5.91 Å². The number of likely N-dealkylation sites (tertiary alicyclic amines) is 1. The number of methoxy groups -OCH3 is 1. The fourth-order valence-electron chi connectivity index (χ4n) is 6.13. The van der Waals surface area contributed by atoms with E-state index in [-0.39, 0.29) is 23.1 Å². The van der Waals surface area contributed by atoms with E-state index in [1.165, 1.54) is 82.6 Å². The number of piperidine rings is 1. The van der Waals surface area contributed by atoms with Crippen molar-refractivity contribution in [1.29, 1.82) is 0 Å². The number of ether oxygens (including phenoxy) is 1. The van der Waals surface area contributed by atoms with E-state index in [4.69, 9.17) is 4.74 Å². The molecule has 0 spiro atoms. The molecule has 0 saturated carbocycles. The zero-order chi connectivity index (χ0) is 25.0. The van der Waals surface area contributed by atoms with Gasteiger partial charge in [-0.05, 0) is 65.0 Å². The number of carbonyl (C=O) groups excluding carboxylic acids is 1. The van der Waals surface area contributed by atoms with Crippen molar-refractivity contribution in [2.45, 2.75) is 148 Å². The highest BCUT2D eigenvalue weighted by atomic mass is 16.5. The van der Waals surface area contributed by atoms with Crippen LogP contribution in [0.2, 0.25) is 0 Å². The molecule has 3 heteroatoms. The van der Waals surface area contributed by atoms with E-state index in [1.54, 1.807) is 7.11 Å². The summed E-state index contributed by atoms with van der Waals surface area (Å²) in [5.41, 5.74) is 1.63. The molecular formula is C31H53NO2. The van der Waals surface area contributed by atoms with E-state index < -0.39 is 0 Å². The fourth-order valence-corrected chi connectivity index (χ4v) is 6.13. The zero-order valence-electron chi connectivity index (χ0n) is 23.3. The van der Waals surface area contributed by atoms with Crippen molar-refractivity contribution >= 4 is 5.91 Å². The van der Waals surface area contributed by atoms with Crippen LogP contribution in [0.4, 0.5) is 0 Å². The average Bonchev–Trinajstić information content (AvgIpc) is 2.78. The molecule has 3 nitrogen and oxygen atoms in total. The maximum absolute atomic E-state index is 13.9. The van der Waals surface area contributed by atoms with Gasteiger partial charge >= 0.3 is 0 Å². The molecule has 0 N–H and O–H groups in total. The molecule has 34 heavy (non-hydrogen) atoms. The predicted molar refractivity (Wildman–Crippen MR) is 146 cm³/mol. The molecular weight excluding hydrogens is 418 g/mol. The molecule has 1 aromatic rings. The maximum atomic E-state index is 13.9. The first kappa shape index (κ1) is 28.9. The van der Waals surface area contributed by atoms with Crippen molar-refractivity contribution in [2.24, 2.45) is 0 Å². The molecule has 0 radical (unpaired) electrons. The van der Waals surface area contributed by atoms with Crippen LogP contribution in [0.25, 0.3) is 0 Å². The van der Waals surface area contributed by atoms with Crippen LogP contribution >= 0.6 is 0 Å². The van der Waals surface area contributed by atoms with Gasteiger partial charge in [-0.2, -0.15) is 0 Å². The summed E-state index contributed by atoms with van der Waals surface area (Å²) in [5.74, 6) is 0.180. The summed E-state index contributed by atoms with van der Waals surface area (Å²) in [4.78, 5) is 16.0. The summed E-state index contributed by atoms with van der Waals surface area (Å²) in [6.07, 6.45) is 19.2. The quantitative estimate of drug-likeness (QED) is 0.239. The summed E-state index contributed by atoms with van der Waals surface area (Å²) in [5, 5.41) is 0. The first-order chi connectivity index (χ1) is 16.2. The van der Waals surface area contributed by atoms with Crippen molar-refractivity contribution < 1.29 is 9.53 Å². The molecule has 1 heterocycles. The van der Waals surface area contributed by atoms with Crippen molar-refractivity contribution in [2.75, 3.05) is 7.11 Å². The standard InChI is InChI=1S/C31H53NO2/c1-7-8-9-10-11-12-13-14-15-16-17-18-21-26-22-19-20-23-28(26)29(33)32-30(2,3)24-27(34-6)25-31(32,4)5/h19-20,22-23,27H,7-18,21,24-25H2,1-6H3. The lowest BCUT2D eigenvalue weighted by molar-refractivity contribution is -0.0724. The predicted octanol–water partition coefficient (Wildman–Crippen LogP) is 8.74. The Morgan fingerprint density at radius 1 is 0.824 bits per heavy atom. The number of hydrogen-bond acceptors (Lipinski definition) is 2. The third kappa shape index (κ3) is 8.70. The van der Waals surface area contributed by atoms with E-state index >= 15 is 0 Å². The second kappa shape index (κ2) is 14.3. The lowest BCUT2D eigenvalue weighted by Crippen LogP contribution is -2.64. The van der Waals surface area contributed by atoms with E-state index in [0.29, 0.717) is 0 Å². The molecule has 0 aliphatic carbocycles. The number of carbonyl (C=O) groups is 1. The Hall–Kier alpha value is -1.35. The van der Waals surface area contributed by atoms with E-state index in [1.807, 2.05) is 12.1 Å². The normalized spacial score (nSPS) is 17.8. The SMILES string of the molecule is CCCCCCCCCCCCCCc1ccccc1C(=O)N1C(C)(C)CC(OC)CC1(C)C. The highest BCUT2D eigenvalue weighted by Gasteiger charge is 2.48. The summed E-state index contributed by atoms with van der Waals surface area (Å²) in [7, 11) is 1.79. The van der Waals surface area contributed by atoms with Crippen LogP contribution in [0.3, 0.4) is 0 Å². The van der Waals surface area contributed by atoms with Crippen LogP contribution in [0.15, 0.2) is 24.3 Å². The molecule has 2 rings (SSSR count). The van der Waals surface area contributed by atoms with Crippen LogP contribution in [0, 0.1) is 0 Å². The number of aryl methyl sites for hydroxylation is 1. The van der Waals surface area contributed by atoms with Gasteiger partial charge in [0.05, 0.1) is 6.10 Å². The van der Waals surface area contributed by atoms with Crippen LogP contribution in [-0.4, -0.2) is 35.1 Å². The zero-order valence-corrected chi connectivity index (χ0v) is 23.3. The lowest BCUT2D eigenvalue weighted by atomic mass is 9.77. The summed E-state index contributed by atoms with van der Waals surface area (Å²) in [6.45, 7) is 11.0. The van der Waals surface area contributed by atoms with Crippen molar-refractivity contribution in [3.63, 3.8) is 0 Å². The van der Waals surface area contributed by atoms with Gasteiger partial charge in [-0.1, -0.05) is 95.8 Å². The number of nitrogens with zero attached hydrogens (tertiary/aromatic N) is 1. The van der Waals surface area contributed by atoms with Crippen LogP contribution in [0.1, 0.15) is 140 Å². The third-order valence-corrected chi connectivity index (χ3v) is 7.75. The molecule has 1 aliphatic heterocycles. The van der Waals surface area contributed by atoms with Crippen molar-refractivity contribution in [1.82, 2.24) is 4.90 Å². The molecule has 0 bridgehead atoms. The third-order valence-electron chi connectivity index (χ3n) is 7.75. The Balaban J connectivity index is 1.82. The van der Waals surface area contributed by atoms with Gasteiger partial charge < -0.3 is 9.64 Å². The van der Waals surface area contributed by atoms with Gasteiger partial charge in [0.1, 0.15) is 0 Å². The largest absolute Gasteiger partial charge is 0.381 e. The van der Waals surface area contributed by atoms with Crippen LogP contribution in [-0.2, 0) is 11.2 Å². The Bertz CT molecular complexity index is 706. The molecule has 1 saturated heterocycles. The highest BCUT2D eigenvalue weighted by molar-refractivity contribution is 5.96. The number of hydrogen-bond donors (Lipinski definition) is 0.